The first-order chi connectivity index (χ1) is 31.0. The average molecular weight is 887 g/mol. The van der Waals surface area contributed by atoms with Gasteiger partial charge in [0.25, 0.3) is 0 Å². The van der Waals surface area contributed by atoms with Crippen LogP contribution in [0.5, 0.6) is 0 Å². The van der Waals surface area contributed by atoms with Gasteiger partial charge in [0.2, 0.25) is 0 Å². The molecule has 1 atom stereocenters. The van der Waals surface area contributed by atoms with Crippen LogP contribution in [-0.4, -0.2) is 37.2 Å². The van der Waals surface area contributed by atoms with Crippen LogP contribution in [0.4, 0.5) is 0 Å². The van der Waals surface area contributed by atoms with Crippen LogP contribution in [0.15, 0.2) is 24.3 Å². The molecule has 0 saturated heterocycles. The molecule has 0 aliphatic carbocycles. The van der Waals surface area contributed by atoms with Crippen LogP contribution < -0.4 is 0 Å². The second kappa shape index (κ2) is 52.5. The highest BCUT2D eigenvalue weighted by Gasteiger charge is 2.19. The fourth-order valence-corrected chi connectivity index (χ4v) is 8.20. The third-order valence-corrected chi connectivity index (χ3v) is 12.4. The van der Waals surface area contributed by atoms with Gasteiger partial charge in [-0.25, -0.2) is 0 Å². The number of hydrogen-bond acceptors (Lipinski definition) is 6. The zero-order valence-electron chi connectivity index (χ0n) is 42.4. The number of carbonyl (C=O) groups is 3. The highest BCUT2D eigenvalue weighted by atomic mass is 16.6. The second-order valence-electron chi connectivity index (χ2n) is 18.8. The van der Waals surface area contributed by atoms with E-state index in [4.69, 9.17) is 14.2 Å². The summed E-state index contributed by atoms with van der Waals surface area (Å²) >= 11 is 0. The zero-order valence-corrected chi connectivity index (χ0v) is 42.4. The number of unbranched alkanes of at least 4 members (excludes halogenated alkanes) is 36. The normalized spacial score (nSPS) is 12.1. The smallest absolute Gasteiger partial charge is 0.306 e. The Hall–Kier alpha value is -2.11. The zero-order chi connectivity index (χ0) is 45.8. The molecule has 0 bridgehead atoms. The maximum atomic E-state index is 12.7. The van der Waals surface area contributed by atoms with E-state index in [1.54, 1.807) is 0 Å². The summed E-state index contributed by atoms with van der Waals surface area (Å²) in [6.07, 6.45) is 60.6. The van der Waals surface area contributed by atoms with Crippen LogP contribution in [0, 0.1) is 0 Å². The Bertz CT molecular complexity index is 1020. The standard InChI is InChI=1S/C57H106O6/c1-4-7-10-13-16-18-20-22-24-25-26-27-28-29-30-31-32-33-34-36-37-39-41-44-47-50-56(59)62-53-54(52-61-55(58)49-46-43-15-12-9-6-3)63-57(60)51-48-45-42-40-38-35-23-21-19-17-14-11-8-5-2/h21,23,25-26,54H,4-20,22,24,27-53H2,1-3H3/b23-21-,26-25-. The van der Waals surface area contributed by atoms with Gasteiger partial charge >= 0.3 is 17.9 Å². The predicted octanol–water partition coefficient (Wildman–Crippen LogP) is 18.3. The third-order valence-electron chi connectivity index (χ3n) is 12.4. The Balaban J connectivity index is 4.06. The predicted molar refractivity (Wildman–Crippen MR) is 270 cm³/mol. The summed E-state index contributed by atoms with van der Waals surface area (Å²) in [5, 5.41) is 0. The van der Waals surface area contributed by atoms with Gasteiger partial charge in [-0.15, -0.1) is 0 Å². The van der Waals surface area contributed by atoms with Gasteiger partial charge in [-0.1, -0.05) is 238 Å². The Kier molecular flexibility index (Phi) is 50.8. The van der Waals surface area contributed by atoms with Crippen molar-refractivity contribution in [3.8, 4) is 0 Å². The largest absolute Gasteiger partial charge is 0.462 e. The van der Waals surface area contributed by atoms with E-state index in [0.29, 0.717) is 19.3 Å². The van der Waals surface area contributed by atoms with Gasteiger partial charge in [-0.2, -0.15) is 0 Å². The van der Waals surface area contributed by atoms with Gasteiger partial charge in [0.15, 0.2) is 6.10 Å². The Morgan fingerprint density at radius 1 is 0.302 bits per heavy atom. The van der Waals surface area contributed by atoms with Crippen LogP contribution in [0.25, 0.3) is 0 Å². The van der Waals surface area contributed by atoms with Crippen molar-refractivity contribution in [1.29, 1.82) is 0 Å². The highest BCUT2D eigenvalue weighted by molar-refractivity contribution is 5.71. The maximum Gasteiger partial charge on any atom is 0.306 e. The van der Waals surface area contributed by atoms with Gasteiger partial charge < -0.3 is 14.2 Å². The van der Waals surface area contributed by atoms with Crippen molar-refractivity contribution < 1.29 is 28.6 Å². The number of ether oxygens (including phenoxy) is 3. The number of carbonyl (C=O) groups excluding carboxylic acids is 3. The Labute approximate surface area is 392 Å². The van der Waals surface area contributed by atoms with Crippen LogP contribution >= 0.6 is 0 Å². The number of hydrogen-bond donors (Lipinski definition) is 0. The van der Waals surface area contributed by atoms with Crippen molar-refractivity contribution in [2.75, 3.05) is 13.2 Å². The first kappa shape index (κ1) is 60.9. The van der Waals surface area contributed by atoms with Gasteiger partial charge in [0.1, 0.15) is 13.2 Å². The van der Waals surface area contributed by atoms with E-state index in [2.05, 4.69) is 45.1 Å². The number of rotatable bonds is 51. The molecule has 0 aromatic carbocycles. The summed E-state index contributed by atoms with van der Waals surface area (Å²) < 4.78 is 16.7. The fourth-order valence-electron chi connectivity index (χ4n) is 8.20. The monoisotopic (exact) mass is 887 g/mol. The Morgan fingerprint density at radius 2 is 0.524 bits per heavy atom. The summed E-state index contributed by atoms with van der Waals surface area (Å²) in [6, 6.07) is 0. The quantitative estimate of drug-likeness (QED) is 0.0262. The molecule has 6 heteroatoms. The molecule has 0 heterocycles. The lowest BCUT2D eigenvalue weighted by molar-refractivity contribution is -0.167. The van der Waals surface area contributed by atoms with E-state index < -0.39 is 6.10 Å². The van der Waals surface area contributed by atoms with Crippen molar-refractivity contribution in [1.82, 2.24) is 0 Å². The molecule has 0 fully saturated rings. The second-order valence-corrected chi connectivity index (χ2v) is 18.8. The molecule has 0 aliphatic heterocycles. The minimum Gasteiger partial charge on any atom is -0.462 e. The summed E-state index contributed by atoms with van der Waals surface area (Å²) in [4.78, 5) is 37.8. The maximum absolute atomic E-state index is 12.7. The van der Waals surface area contributed by atoms with Crippen molar-refractivity contribution in [2.24, 2.45) is 0 Å². The van der Waals surface area contributed by atoms with Crippen molar-refractivity contribution in [3.05, 3.63) is 24.3 Å². The molecule has 0 radical (unpaired) electrons. The van der Waals surface area contributed by atoms with E-state index in [0.717, 1.165) is 64.2 Å². The van der Waals surface area contributed by atoms with E-state index in [1.807, 2.05) is 0 Å². The molecule has 63 heavy (non-hydrogen) atoms. The molecule has 0 rings (SSSR count). The van der Waals surface area contributed by atoms with Crippen LogP contribution in [-0.2, 0) is 28.6 Å². The van der Waals surface area contributed by atoms with Gasteiger partial charge in [0.05, 0.1) is 0 Å². The van der Waals surface area contributed by atoms with Crippen molar-refractivity contribution in [2.45, 2.75) is 309 Å². The molecule has 0 aromatic rings. The molecule has 0 N–H and O–H groups in total. The SMILES string of the molecule is CCCCCCC/C=C\CCCCCCCC(=O)OC(COC(=O)CCCCCCCC)COC(=O)CCCCCCCCCCCCCCC/C=C\CCCCCCCCCC. The van der Waals surface area contributed by atoms with E-state index in [9.17, 15) is 14.4 Å². The Morgan fingerprint density at radius 3 is 0.794 bits per heavy atom. The fraction of sp³-hybridized carbons (Fsp3) is 0.877. The minimum atomic E-state index is -0.769. The average Bonchev–Trinajstić information content (AvgIpc) is 3.28. The van der Waals surface area contributed by atoms with Gasteiger partial charge in [0, 0.05) is 19.3 Å². The van der Waals surface area contributed by atoms with Crippen LogP contribution in [0.3, 0.4) is 0 Å². The van der Waals surface area contributed by atoms with E-state index in [-0.39, 0.29) is 31.1 Å². The van der Waals surface area contributed by atoms with E-state index in [1.165, 1.54) is 199 Å². The van der Waals surface area contributed by atoms with E-state index >= 15 is 0 Å². The molecule has 1 unspecified atom stereocenters. The highest BCUT2D eigenvalue weighted by Crippen LogP contribution is 2.16. The van der Waals surface area contributed by atoms with Crippen molar-refractivity contribution in [3.63, 3.8) is 0 Å². The first-order valence-corrected chi connectivity index (χ1v) is 27.8. The molecule has 6 nitrogen and oxygen atoms in total. The minimum absolute atomic E-state index is 0.0715. The molecule has 0 saturated carbocycles. The number of allylic oxidation sites excluding steroid dienone is 4. The summed E-state index contributed by atoms with van der Waals surface area (Å²) in [5.41, 5.74) is 0. The molecule has 370 valence electrons. The van der Waals surface area contributed by atoms with Crippen LogP contribution in [0.1, 0.15) is 303 Å². The topological polar surface area (TPSA) is 78.9 Å². The number of esters is 3. The third kappa shape index (κ3) is 50.7. The molecule has 0 spiro atoms. The molecule has 0 aliphatic rings. The molecule has 0 amide bonds. The molecule has 0 aromatic heterocycles. The summed E-state index contributed by atoms with van der Waals surface area (Å²) in [6.45, 7) is 6.59. The first-order valence-electron chi connectivity index (χ1n) is 27.8. The van der Waals surface area contributed by atoms with Crippen LogP contribution in [0.2, 0.25) is 0 Å². The lowest BCUT2D eigenvalue weighted by atomic mass is 10.0. The molecular formula is C57H106O6. The van der Waals surface area contributed by atoms with Crippen molar-refractivity contribution >= 4 is 17.9 Å². The lowest BCUT2D eigenvalue weighted by Crippen LogP contribution is -2.30. The molecular weight excluding hydrogens is 781 g/mol. The summed E-state index contributed by atoms with van der Waals surface area (Å²) in [5.74, 6) is -0.877. The lowest BCUT2D eigenvalue weighted by Gasteiger charge is -2.18. The van der Waals surface area contributed by atoms with Gasteiger partial charge in [-0.05, 0) is 70.6 Å². The van der Waals surface area contributed by atoms with Gasteiger partial charge in [-0.3, -0.25) is 14.4 Å². The summed E-state index contributed by atoms with van der Waals surface area (Å²) in [7, 11) is 0.